The number of rotatable bonds is 3. The van der Waals surface area contributed by atoms with Crippen LogP contribution in [0, 0.1) is 0 Å². The number of methoxy groups -OCH3 is 1. The smallest absolute Gasteiger partial charge is 0.153 e. The third-order valence-electron chi connectivity index (χ3n) is 4.23. The van der Waals surface area contributed by atoms with Crippen molar-refractivity contribution in [2.75, 3.05) is 7.11 Å². The van der Waals surface area contributed by atoms with Crippen LogP contribution in [-0.2, 0) is 19.5 Å². The Morgan fingerprint density at radius 2 is 2.14 bits per heavy atom. The monoisotopic (exact) mass is 282 g/mol. The van der Waals surface area contributed by atoms with Crippen molar-refractivity contribution in [2.24, 2.45) is 0 Å². The van der Waals surface area contributed by atoms with Crippen molar-refractivity contribution in [3.63, 3.8) is 0 Å². The van der Waals surface area contributed by atoms with Crippen molar-refractivity contribution in [2.45, 2.75) is 32.4 Å². The molecule has 0 saturated heterocycles. The fraction of sp³-hybridized carbons (Fsp3) is 0.375. The van der Waals surface area contributed by atoms with Crippen LogP contribution in [0.25, 0.3) is 10.9 Å². The van der Waals surface area contributed by atoms with Gasteiger partial charge in [0.05, 0.1) is 13.7 Å². The second kappa shape index (κ2) is 4.91. The molecule has 0 aliphatic carbocycles. The van der Waals surface area contributed by atoms with Gasteiger partial charge in [-0.1, -0.05) is 0 Å². The number of fused-ring (bicyclic) bond motifs is 2. The second-order valence-corrected chi connectivity index (χ2v) is 5.51. The van der Waals surface area contributed by atoms with Crippen molar-refractivity contribution in [1.82, 2.24) is 19.3 Å². The van der Waals surface area contributed by atoms with E-state index in [0.29, 0.717) is 0 Å². The van der Waals surface area contributed by atoms with Crippen LogP contribution in [0.15, 0.2) is 30.5 Å². The van der Waals surface area contributed by atoms with Crippen molar-refractivity contribution in [3.8, 4) is 5.75 Å². The van der Waals surface area contributed by atoms with Crippen molar-refractivity contribution in [1.29, 1.82) is 0 Å². The van der Waals surface area contributed by atoms with E-state index in [1.54, 1.807) is 7.11 Å². The fourth-order valence-corrected chi connectivity index (χ4v) is 3.08. The zero-order valence-electron chi connectivity index (χ0n) is 12.1. The molecular weight excluding hydrogens is 264 g/mol. The Morgan fingerprint density at radius 3 is 3.05 bits per heavy atom. The molecule has 5 nitrogen and oxygen atoms in total. The van der Waals surface area contributed by atoms with Crippen LogP contribution in [0.4, 0.5) is 0 Å². The van der Waals surface area contributed by atoms with Crippen molar-refractivity contribution in [3.05, 3.63) is 42.1 Å². The first kappa shape index (κ1) is 12.4. The SMILES string of the molecule is COc1ccc2c(ccn2Cc2nnc3n2CCCC3)c1. The summed E-state index contributed by atoms with van der Waals surface area (Å²) in [4.78, 5) is 0. The molecule has 3 heterocycles. The summed E-state index contributed by atoms with van der Waals surface area (Å²) in [5, 5.41) is 9.89. The van der Waals surface area contributed by atoms with Gasteiger partial charge in [-0.3, -0.25) is 0 Å². The van der Waals surface area contributed by atoms with E-state index in [9.17, 15) is 0 Å². The highest BCUT2D eigenvalue weighted by atomic mass is 16.5. The summed E-state index contributed by atoms with van der Waals surface area (Å²) >= 11 is 0. The van der Waals surface area contributed by atoms with Gasteiger partial charge < -0.3 is 13.9 Å². The van der Waals surface area contributed by atoms with E-state index in [4.69, 9.17) is 4.74 Å². The van der Waals surface area contributed by atoms with E-state index in [1.165, 1.54) is 23.7 Å². The van der Waals surface area contributed by atoms with E-state index in [0.717, 1.165) is 36.9 Å². The molecule has 0 fully saturated rings. The molecule has 0 amide bonds. The molecule has 0 unspecified atom stereocenters. The first-order valence-corrected chi connectivity index (χ1v) is 7.39. The average Bonchev–Trinajstić information content (AvgIpc) is 3.12. The molecule has 0 atom stereocenters. The molecule has 108 valence electrons. The number of aromatic nitrogens is 4. The molecule has 0 bridgehead atoms. The summed E-state index contributed by atoms with van der Waals surface area (Å²) in [6, 6.07) is 8.27. The van der Waals surface area contributed by atoms with Gasteiger partial charge in [0.2, 0.25) is 0 Å². The Kier molecular flexibility index (Phi) is 2.91. The normalized spacial score (nSPS) is 14.3. The number of hydrogen-bond donors (Lipinski definition) is 0. The molecule has 21 heavy (non-hydrogen) atoms. The van der Waals surface area contributed by atoms with Crippen LogP contribution in [0.1, 0.15) is 24.5 Å². The van der Waals surface area contributed by atoms with Gasteiger partial charge in [0.1, 0.15) is 11.6 Å². The Morgan fingerprint density at radius 1 is 1.19 bits per heavy atom. The third kappa shape index (κ3) is 2.09. The van der Waals surface area contributed by atoms with Gasteiger partial charge in [-0.15, -0.1) is 10.2 Å². The van der Waals surface area contributed by atoms with Crippen LogP contribution in [0.3, 0.4) is 0 Å². The molecule has 4 rings (SSSR count). The van der Waals surface area contributed by atoms with Gasteiger partial charge in [-0.2, -0.15) is 0 Å². The predicted octanol–water partition coefficient (Wildman–Crippen LogP) is 2.63. The lowest BCUT2D eigenvalue weighted by Crippen LogP contribution is -2.14. The van der Waals surface area contributed by atoms with E-state index < -0.39 is 0 Å². The molecule has 1 aliphatic rings. The highest BCUT2D eigenvalue weighted by molar-refractivity contribution is 5.81. The predicted molar refractivity (Wildman–Crippen MR) is 80.6 cm³/mol. The maximum atomic E-state index is 5.28. The molecule has 3 aromatic rings. The van der Waals surface area contributed by atoms with Crippen LogP contribution in [0.5, 0.6) is 5.75 Å². The summed E-state index contributed by atoms with van der Waals surface area (Å²) in [6.45, 7) is 1.81. The van der Waals surface area contributed by atoms with Crippen molar-refractivity contribution >= 4 is 10.9 Å². The summed E-state index contributed by atoms with van der Waals surface area (Å²) in [5.74, 6) is 3.08. The standard InChI is InChI=1S/C16H18N4O/c1-21-13-5-6-14-12(10-13)7-9-19(14)11-16-18-17-15-4-2-3-8-20(15)16/h5-7,9-10H,2-4,8,11H2,1H3. The van der Waals surface area contributed by atoms with E-state index in [1.807, 2.05) is 6.07 Å². The molecular formula is C16H18N4O. The van der Waals surface area contributed by atoms with Crippen LogP contribution >= 0.6 is 0 Å². The number of hydrogen-bond acceptors (Lipinski definition) is 3. The van der Waals surface area contributed by atoms with Crippen LogP contribution in [0.2, 0.25) is 0 Å². The average molecular weight is 282 g/mol. The number of aryl methyl sites for hydroxylation is 1. The summed E-state index contributed by atoms with van der Waals surface area (Å²) in [6.07, 6.45) is 5.61. The molecule has 0 spiro atoms. The molecule has 2 aromatic heterocycles. The maximum Gasteiger partial charge on any atom is 0.153 e. The summed E-state index contributed by atoms with van der Waals surface area (Å²) < 4.78 is 9.78. The summed E-state index contributed by atoms with van der Waals surface area (Å²) in [5.41, 5.74) is 1.20. The molecule has 1 aromatic carbocycles. The van der Waals surface area contributed by atoms with Gasteiger partial charge in [0.25, 0.3) is 0 Å². The zero-order valence-corrected chi connectivity index (χ0v) is 12.1. The van der Waals surface area contributed by atoms with Gasteiger partial charge in [-0.05, 0) is 37.1 Å². The Balaban J connectivity index is 1.70. The Labute approximate surface area is 123 Å². The second-order valence-electron chi connectivity index (χ2n) is 5.51. The van der Waals surface area contributed by atoms with Gasteiger partial charge in [-0.25, -0.2) is 0 Å². The van der Waals surface area contributed by atoms with E-state index >= 15 is 0 Å². The third-order valence-corrected chi connectivity index (χ3v) is 4.23. The topological polar surface area (TPSA) is 44.9 Å². The highest BCUT2D eigenvalue weighted by Crippen LogP contribution is 2.23. The molecule has 1 aliphatic heterocycles. The maximum absolute atomic E-state index is 5.28. The highest BCUT2D eigenvalue weighted by Gasteiger charge is 2.16. The molecule has 5 heteroatoms. The largest absolute Gasteiger partial charge is 0.497 e. The van der Waals surface area contributed by atoms with Gasteiger partial charge in [0, 0.05) is 30.1 Å². The summed E-state index contributed by atoms with van der Waals surface area (Å²) in [7, 11) is 1.70. The van der Waals surface area contributed by atoms with Gasteiger partial charge in [0.15, 0.2) is 5.82 Å². The quantitative estimate of drug-likeness (QED) is 0.742. The van der Waals surface area contributed by atoms with Crippen molar-refractivity contribution < 1.29 is 4.74 Å². The van der Waals surface area contributed by atoms with Crippen LogP contribution < -0.4 is 4.74 Å². The zero-order chi connectivity index (χ0) is 14.2. The van der Waals surface area contributed by atoms with Crippen LogP contribution in [-0.4, -0.2) is 26.4 Å². The lowest BCUT2D eigenvalue weighted by molar-refractivity contribution is 0.415. The minimum absolute atomic E-state index is 0.767. The lowest BCUT2D eigenvalue weighted by Gasteiger charge is -2.15. The minimum atomic E-state index is 0.767. The van der Waals surface area contributed by atoms with Gasteiger partial charge >= 0.3 is 0 Å². The van der Waals surface area contributed by atoms with E-state index in [-0.39, 0.29) is 0 Å². The first-order chi connectivity index (χ1) is 10.3. The minimum Gasteiger partial charge on any atom is -0.497 e. The molecule has 0 radical (unpaired) electrons. The van der Waals surface area contributed by atoms with E-state index in [2.05, 4.69) is 43.7 Å². The first-order valence-electron chi connectivity index (χ1n) is 7.39. The fourth-order valence-electron chi connectivity index (χ4n) is 3.08. The Hall–Kier alpha value is -2.30. The number of benzene rings is 1. The lowest BCUT2D eigenvalue weighted by atomic mass is 10.2. The molecule has 0 N–H and O–H groups in total. The number of nitrogens with zero attached hydrogens (tertiary/aromatic N) is 4. The Bertz CT molecular complexity index is 787. The number of ether oxygens (including phenoxy) is 1. The molecule has 0 saturated carbocycles.